The van der Waals surface area contributed by atoms with Gasteiger partial charge in [0.05, 0.1) is 6.54 Å². The molecule has 0 unspecified atom stereocenters. The molecule has 2 aromatic rings. The van der Waals surface area contributed by atoms with Gasteiger partial charge in [0.1, 0.15) is 0 Å². The van der Waals surface area contributed by atoms with Gasteiger partial charge in [0.15, 0.2) is 0 Å². The van der Waals surface area contributed by atoms with Crippen molar-refractivity contribution in [1.82, 2.24) is 9.47 Å². The molecule has 3 rings (SSSR count). The molecule has 1 aliphatic rings. The minimum atomic E-state index is 0.835. The maximum atomic E-state index is 6.17. The lowest BCUT2D eigenvalue weighted by Crippen LogP contribution is -2.21. The van der Waals surface area contributed by atoms with Crippen molar-refractivity contribution in [2.24, 2.45) is 0 Å². The summed E-state index contributed by atoms with van der Waals surface area (Å²) in [6, 6.07) is 12.2. The molecule has 0 amide bonds. The number of nitrogens with zero attached hydrogens (tertiary/aromatic N) is 2. The first-order valence-electron chi connectivity index (χ1n) is 5.64. The third-order valence-corrected chi connectivity index (χ3v) is 3.37. The van der Waals surface area contributed by atoms with E-state index >= 15 is 0 Å². The third-order valence-electron chi connectivity index (χ3n) is 3.00. The standard InChI is InChI=1S/C14H13ClN2/c15-14-6-2-1-4-12(14)10-16-8-9-17-7-3-5-13(17)11-16/h1-9H,10-11H2. The van der Waals surface area contributed by atoms with Crippen LogP contribution in [0.2, 0.25) is 5.02 Å². The number of halogens is 1. The molecule has 1 aromatic carbocycles. The van der Waals surface area contributed by atoms with Crippen LogP contribution in [0, 0.1) is 0 Å². The van der Waals surface area contributed by atoms with E-state index in [1.165, 1.54) is 11.3 Å². The lowest BCUT2D eigenvalue weighted by atomic mass is 10.2. The first-order chi connectivity index (χ1) is 8.33. The van der Waals surface area contributed by atoms with Crippen molar-refractivity contribution in [1.29, 1.82) is 0 Å². The molecule has 0 N–H and O–H groups in total. The second kappa shape index (κ2) is 4.30. The first-order valence-corrected chi connectivity index (χ1v) is 6.02. The van der Waals surface area contributed by atoms with Crippen LogP contribution in [0.4, 0.5) is 0 Å². The summed E-state index contributed by atoms with van der Waals surface area (Å²) in [6.45, 7) is 1.77. The number of benzene rings is 1. The van der Waals surface area contributed by atoms with Gasteiger partial charge in [0.25, 0.3) is 0 Å². The zero-order valence-corrected chi connectivity index (χ0v) is 10.1. The molecule has 0 atom stereocenters. The molecule has 1 aliphatic heterocycles. The van der Waals surface area contributed by atoms with Gasteiger partial charge in [-0.3, -0.25) is 0 Å². The minimum Gasteiger partial charge on any atom is -0.366 e. The Kier molecular flexibility index (Phi) is 2.65. The van der Waals surface area contributed by atoms with Gasteiger partial charge in [-0.2, -0.15) is 0 Å². The molecule has 0 saturated heterocycles. The van der Waals surface area contributed by atoms with Crippen LogP contribution >= 0.6 is 11.6 Å². The Balaban J connectivity index is 1.78. The molecule has 0 aliphatic carbocycles. The van der Waals surface area contributed by atoms with Gasteiger partial charge in [-0.15, -0.1) is 0 Å². The SMILES string of the molecule is Clc1ccccc1CN1C=Cn2cccc2C1. The van der Waals surface area contributed by atoms with E-state index in [1.807, 2.05) is 18.2 Å². The van der Waals surface area contributed by atoms with E-state index in [9.17, 15) is 0 Å². The van der Waals surface area contributed by atoms with Gasteiger partial charge in [0.2, 0.25) is 0 Å². The monoisotopic (exact) mass is 244 g/mol. The highest BCUT2D eigenvalue weighted by Gasteiger charge is 2.10. The Hall–Kier alpha value is -1.67. The Morgan fingerprint density at radius 2 is 1.94 bits per heavy atom. The number of aromatic nitrogens is 1. The van der Waals surface area contributed by atoms with E-state index in [1.54, 1.807) is 0 Å². The molecule has 0 saturated carbocycles. The largest absolute Gasteiger partial charge is 0.366 e. The van der Waals surface area contributed by atoms with Gasteiger partial charge >= 0.3 is 0 Å². The molecule has 1 aromatic heterocycles. The fourth-order valence-corrected chi connectivity index (χ4v) is 2.28. The second-order valence-corrected chi connectivity index (χ2v) is 4.61. The molecule has 0 fully saturated rings. The summed E-state index contributed by atoms with van der Waals surface area (Å²) in [5.74, 6) is 0. The quantitative estimate of drug-likeness (QED) is 0.784. The van der Waals surface area contributed by atoms with Crippen molar-refractivity contribution in [2.75, 3.05) is 0 Å². The number of hydrogen-bond acceptors (Lipinski definition) is 1. The molecular weight excluding hydrogens is 232 g/mol. The lowest BCUT2D eigenvalue weighted by Gasteiger charge is -2.25. The fourth-order valence-electron chi connectivity index (χ4n) is 2.09. The summed E-state index contributed by atoms with van der Waals surface area (Å²) in [7, 11) is 0. The van der Waals surface area contributed by atoms with Crippen molar-refractivity contribution in [3.05, 3.63) is 65.1 Å². The summed E-state index contributed by atoms with van der Waals surface area (Å²) in [6.07, 6.45) is 6.25. The summed E-state index contributed by atoms with van der Waals surface area (Å²) in [5.41, 5.74) is 2.47. The van der Waals surface area contributed by atoms with Crippen molar-refractivity contribution >= 4 is 17.8 Å². The molecule has 17 heavy (non-hydrogen) atoms. The summed E-state index contributed by atoms with van der Waals surface area (Å²) < 4.78 is 2.14. The van der Waals surface area contributed by atoms with Gasteiger partial charge in [0, 0.05) is 35.9 Å². The fraction of sp³-hybridized carbons (Fsp3) is 0.143. The maximum Gasteiger partial charge on any atom is 0.0584 e. The average molecular weight is 245 g/mol. The van der Waals surface area contributed by atoms with E-state index in [0.717, 1.165) is 18.1 Å². The molecule has 2 nitrogen and oxygen atoms in total. The molecular formula is C14H13ClN2. The smallest absolute Gasteiger partial charge is 0.0584 e. The van der Waals surface area contributed by atoms with Crippen LogP contribution in [-0.2, 0) is 13.1 Å². The highest BCUT2D eigenvalue weighted by Crippen LogP contribution is 2.20. The van der Waals surface area contributed by atoms with Crippen molar-refractivity contribution in [3.8, 4) is 0 Å². The van der Waals surface area contributed by atoms with Crippen LogP contribution in [0.25, 0.3) is 6.20 Å². The van der Waals surface area contributed by atoms with Crippen LogP contribution in [0.1, 0.15) is 11.3 Å². The molecule has 86 valence electrons. The normalized spacial score (nSPS) is 13.8. The Labute approximate surface area is 106 Å². The average Bonchev–Trinajstić information content (AvgIpc) is 2.79. The van der Waals surface area contributed by atoms with Crippen LogP contribution in [0.5, 0.6) is 0 Å². The molecule has 0 bridgehead atoms. The summed E-state index contributed by atoms with van der Waals surface area (Å²) in [4.78, 5) is 2.26. The molecule has 3 heteroatoms. The van der Waals surface area contributed by atoms with Gasteiger partial charge in [-0.25, -0.2) is 0 Å². The highest BCUT2D eigenvalue weighted by atomic mass is 35.5. The number of hydrogen-bond donors (Lipinski definition) is 0. The van der Waals surface area contributed by atoms with Gasteiger partial charge < -0.3 is 9.47 Å². The predicted molar refractivity (Wildman–Crippen MR) is 70.5 cm³/mol. The van der Waals surface area contributed by atoms with Gasteiger partial charge in [-0.05, 0) is 23.8 Å². The zero-order chi connectivity index (χ0) is 11.7. The first kappa shape index (κ1) is 10.5. The van der Waals surface area contributed by atoms with Crippen LogP contribution in [-0.4, -0.2) is 9.47 Å². The van der Waals surface area contributed by atoms with E-state index in [4.69, 9.17) is 11.6 Å². The van der Waals surface area contributed by atoms with Crippen LogP contribution < -0.4 is 0 Å². The predicted octanol–water partition coefficient (Wildman–Crippen LogP) is 3.59. The van der Waals surface area contributed by atoms with Crippen molar-refractivity contribution in [2.45, 2.75) is 13.1 Å². The van der Waals surface area contributed by atoms with E-state index in [-0.39, 0.29) is 0 Å². The van der Waals surface area contributed by atoms with Crippen molar-refractivity contribution < 1.29 is 0 Å². The third kappa shape index (κ3) is 2.08. The van der Waals surface area contributed by atoms with Gasteiger partial charge in [-0.1, -0.05) is 29.8 Å². The Morgan fingerprint density at radius 3 is 2.82 bits per heavy atom. The lowest BCUT2D eigenvalue weighted by molar-refractivity contribution is 0.348. The Bertz CT molecular complexity index is 557. The zero-order valence-electron chi connectivity index (χ0n) is 9.38. The van der Waals surface area contributed by atoms with Crippen LogP contribution in [0.3, 0.4) is 0 Å². The highest BCUT2D eigenvalue weighted by molar-refractivity contribution is 6.31. The minimum absolute atomic E-state index is 0.835. The Morgan fingerprint density at radius 1 is 1.06 bits per heavy atom. The van der Waals surface area contributed by atoms with E-state index in [0.29, 0.717) is 0 Å². The summed E-state index contributed by atoms with van der Waals surface area (Å²) >= 11 is 6.17. The molecule has 2 heterocycles. The van der Waals surface area contributed by atoms with E-state index in [2.05, 4.69) is 46.3 Å². The number of fused-ring (bicyclic) bond motifs is 1. The van der Waals surface area contributed by atoms with Crippen molar-refractivity contribution in [3.63, 3.8) is 0 Å². The van der Waals surface area contributed by atoms with E-state index < -0.39 is 0 Å². The van der Waals surface area contributed by atoms with Crippen LogP contribution in [0.15, 0.2) is 48.8 Å². The summed E-state index contributed by atoms with van der Waals surface area (Å²) in [5, 5.41) is 0.835. The number of rotatable bonds is 2. The maximum absolute atomic E-state index is 6.17. The molecule has 0 spiro atoms. The second-order valence-electron chi connectivity index (χ2n) is 4.20. The topological polar surface area (TPSA) is 8.17 Å². The molecule has 0 radical (unpaired) electrons.